The molecule has 0 spiro atoms. The fraction of sp³-hybridized carbons (Fsp3) is 0.556. The van der Waals surface area contributed by atoms with Gasteiger partial charge in [-0.2, -0.15) is 0 Å². The first-order chi connectivity index (χ1) is 5.70. The Morgan fingerprint density at radius 3 is 2.67 bits per heavy atom. The Labute approximate surface area is 72.1 Å². The number of carboxylic acid groups (broad SMARTS) is 1. The van der Waals surface area contributed by atoms with Crippen LogP contribution in [0.1, 0.15) is 25.7 Å². The van der Waals surface area contributed by atoms with Crippen LogP contribution in [0.4, 0.5) is 0 Å². The average Bonchev–Trinajstić information content (AvgIpc) is 2.02. The lowest BCUT2D eigenvalue weighted by Crippen LogP contribution is -2.08. The number of rotatable bonds is 7. The minimum absolute atomic E-state index is 0.0549. The van der Waals surface area contributed by atoms with Crippen LogP contribution in [-0.2, 0) is 9.59 Å². The number of aldehydes is 1. The first-order valence-corrected chi connectivity index (χ1v) is 3.98. The van der Waals surface area contributed by atoms with Crippen LogP contribution >= 0.6 is 0 Å². The van der Waals surface area contributed by atoms with Crippen molar-refractivity contribution < 1.29 is 14.7 Å². The number of carboxylic acids is 1. The topological polar surface area (TPSA) is 54.4 Å². The van der Waals surface area contributed by atoms with Crippen molar-refractivity contribution in [2.24, 2.45) is 5.92 Å². The van der Waals surface area contributed by atoms with E-state index < -0.39 is 5.97 Å². The van der Waals surface area contributed by atoms with Gasteiger partial charge in [0, 0.05) is 5.92 Å². The van der Waals surface area contributed by atoms with E-state index in [4.69, 9.17) is 5.11 Å². The summed E-state index contributed by atoms with van der Waals surface area (Å²) in [5.41, 5.74) is 0. The van der Waals surface area contributed by atoms with Crippen LogP contribution in [0.25, 0.3) is 0 Å². The lowest BCUT2D eigenvalue weighted by Gasteiger charge is -2.04. The van der Waals surface area contributed by atoms with Gasteiger partial charge in [0.15, 0.2) is 0 Å². The number of hydrogen-bond acceptors (Lipinski definition) is 2. The van der Waals surface area contributed by atoms with Crippen molar-refractivity contribution in [3.63, 3.8) is 0 Å². The van der Waals surface area contributed by atoms with E-state index in [1.165, 1.54) is 0 Å². The second-order valence-electron chi connectivity index (χ2n) is 2.71. The molecule has 3 nitrogen and oxygen atoms in total. The van der Waals surface area contributed by atoms with Crippen LogP contribution in [0.2, 0.25) is 0 Å². The van der Waals surface area contributed by atoms with Gasteiger partial charge in [0.25, 0.3) is 0 Å². The Kier molecular flexibility index (Phi) is 5.97. The number of allylic oxidation sites excluding steroid dienone is 1. The fourth-order valence-corrected chi connectivity index (χ4v) is 0.967. The maximum Gasteiger partial charge on any atom is 0.304 e. The van der Waals surface area contributed by atoms with E-state index in [1.54, 1.807) is 6.08 Å². The molecule has 0 saturated heterocycles. The van der Waals surface area contributed by atoms with E-state index in [9.17, 15) is 9.59 Å². The summed E-state index contributed by atoms with van der Waals surface area (Å²) in [6.45, 7) is 3.54. The molecule has 0 bridgehead atoms. The minimum Gasteiger partial charge on any atom is -0.481 e. The molecule has 0 aliphatic heterocycles. The van der Waals surface area contributed by atoms with Gasteiger partial charge in [0.05, 0.1) is 6.42 Å². The highest BCUT2D eigenvalue weighted by atomic mass is 16.4. The maximum atomic E-state index is 10.3. The second kappa shape index (κ2) is 6.58. The summed E-state index contributed by atoms with van der Waals surface area (Å²) >= 11 is 0. The molecule has 0 aromatic heterocycles. The molecule has 0 aliphatic carbocycles. The monoisotopic (exact) mass is 170 g/mol. The van der Waals surface area contributed by atoms with Gasteiger partial charge in [-0.3, -0.25) is 4.79 Å². The number of unbranched alkanes of at least 4 members (excludes halogenated alkanes) is 1. The Balaban J connectivity index is 3.59. The van der Waals surface area contributed by atoms with Crippen molar-refractivity contribution in [2.75, 3.05) is 0 Å². The molecule has 0 aromatic rings. The van der Waals surface area contributed by atoms with E-state index in [0.29, 0.717) is 6.42 Å². The van der Waals surface area contributed by atoms with Gasteiger partial charge in [-0.25, -0.2) is 0 Å². The average molecular weight is 170 g/mol. The predicted molar refractivity (Wildman–Crippen MR) is 45.9 cm³/mol. The lowest BCUT2D eigenvalue weighted by atomic mass is 10.0. The second-order valence-corrected chi connectivity index (χ2v) is 2.71. The maximum absolute atomic E-state index is 10.3. The summed E-state index contributed by atoms with van der Waals surface area (Å²) in [6, 6.07) is 0. The number of aliphatic carboxylic acids is 1. The third-order valence-corrected chi connectivity index (χ3v) is 1.61. The number of carbonyl (C=O) groups excluding carboxylic acids is 1. The molecule has 12 heavy (non-hydrogen) atoms. The molecule has 0 radical (unpaired) electrons. The standard InChI is InChI=1S/C9H14O3/c1-2-3-4-5-8(7-10)6-9(11)12/h2,7-8H,1,3-6H2,(H,11,12). The molecular weight excluding hydrogens is 156 g/mol. The van der Waals surface area contributed by atoms with Crippen molar-refractivity contribution in [2.45, 2.75) is 25.7 Å². The molecule has 1 atom stereocenters. The first kappa shape index (κ1) is 10.9. The van der Waals surface area contributed by atoms with Crippen molar-refractivity contribution in [3.8, 4) is 0 Å². The molecule has 0 rings (SSSR count). The van der Waals surface area contributed by atoms with Crippen LogP contribution in [0.3, 0.4) is 0 Å². The zero-order chi connectivity index (χ0) is 9.40. The van der Waals surface area contributed by atoms with E-state index in [-0.39, 0.29) is 12.3 Å². The smallest absolute Gasteiger partial charge is 0.304 e. The Morgan fingerprint density at radius 2 is 2.25 bits per heavy atom. The lowest BCUT2D eigenvalue weighted by molar-refractivity contribution is -0.139. The molecule has 0 aliphatic rings. The highest BCUT2D eigenvalue weighted by Crippen LogP contribution is 2.10. The summed E-state index contributed by atoms with van der Waals surface area (Å²) in [6.07, 6.45) is 4.74. The molecule has 1 unspecified atom stereocenters. The fourth-order valence-electron chi connectivity index (χ4n) is 0.967. The molecular formula is C9H14O3. The minimum atomic E-state index is -0.911. The molecule has 68 valence electrons. The highest BCUT2D eigenvalue weighted by Gasteiger charge is 2.10. The van der Waals surface area contributed by atoms with Crippen LogP contribution in [0, 0.1) is 5.92 Å². The van der Waals surface area contributed by atoms with Crippen LogP contribution in [0.15, 0.2) is 12.7 Å². The predicted octanol–water partition coefficient (Wildman–Crippen LogP) is 1.63. The normalized spacial score (nSPS) is 12.0. The van der Waals surface area contributed by atoms with Gasteiger partial charge in [-0.1, -0.05) is 6.08 Å². The molecule has 3 heteroatoms. The zero-order valence-corrected chi connectivity index (χ0v) is 7.03. The van der Waals surface area contributed by atoms with Gasteiger partial charge in [-0.05, 0) is 19.3 Å². The summed E-state index contributed by atoms with van der Waals surface area (Å²) in [4.78, 5) is 20.6. The summed E-state index contributed by atoms with van der Waals surface area (Å²) in [5, 5.41) is 8.39. The van der Waals surface area contributed by atoms with E-state index in [0.717, 1.165) is 19.1 Å². The van der Waals surface area contributed by atoms with Crippen molar-refractivity contribution >= 4 is 12.3 Å². The van der Waals surface area contributed by atoms with Crippen LogP contribution in [-0.4, -0.2) is 17.4 Å². The van der Waals surface area contributed by atoms with Crippen molar-refractivity contribution in [1.29, 1.82) is 0 Å². The SMILES string of the molecule is C=CCCCC(C=O)CC(=O)O. The van der Waals surface area contributed by atoms with Gasteiger partial charge in [-0.15, -0.1) is 6.58 Å². The number of carbonyl (C=O) groups is 2. The molecule has 0 aromatic carbocycles. The van der Waals surface area contributed by atoms with Crippen LogP contribution in [0.5, 0.6) is 0 Å². The van der Waals surface area contributed by atoms with Gasteiger partial charge in [0.2, 0.25) is 0 Å². The van der Waals surface area contributed by atoms with E-state index in [2.05, 4.69) is 6.58 Å². The zero-order valence-electron chi connectivity index (χ0n) is 7.03. The first-order valence-electron chi connectivity index (χ1n) is 3.98. The summed E-state index contributed by atoms with van der Waals surface area (Å²) in [5.74, 6) is -1.24. The largest absolute Gasteiger partial charge is 0.481 e. The van der Waals surface area contributed by atoms with E-state index in [1.807, 2.05) is 0 Å². The molecule has 0 fully saturated rings. The summed E-state index contributed by atoms with van der Waals surface area (Å²) < 4.78 is 0. The molecule has 0 heterocycles. The van der Waals surface area contributed by atoms with E-state index >= 15 is 0 Å². The molecule has 0 saturated carbocycles. The number of hydrogen-bond donors (Lipinski definition) is 1. The molecule has 0 amide bonds. The van der Waals surface area contributed by atoms with Crippen molar-refractivity contribution in [3.05, 3.63) is 12.7 Å². The Morgan fingerprint density at radius 1 is 1.58 bits per heavy atom. The van der Waals surface area contributed by atoms with Gasteiger partial charge < -0.3 is 9.90 Å². The Hall–Kier alpha value is -1.12. The summed E-state index contributed by atoms with van der Waals surface area (Å²) in [7, 11) is 0. The third-order valence-electron chi connectivity index (χ3n) is 1.61. The van der Waals surface area contributed by atoms with Crippen LogP contribution < -0.4 is 0 Å². The quantitative estimate of drug-likeness (QED) is 0.359. The molecule has 1 N–H and O–H groups in total. The van der Waals surface area contributed by atoms with Gasteiger partial charge in [0.1, 0.15) is 6.29 Å². The third kappa shape index (κ3) is 5.65. The highest BCUT2D eigenvalue weighted by molar-refractivity contribution is 5.71. The Bertz CT molecular complexity index is 163. The van der Waals surface area contributed by atoms with Gasteiger partial charge >= 0.3 is 5.97 Å². The van der Waals surface area contributed by atoms with Crippen molar-refractivity contribution in [1.82, 2.24) is 0 Å².